The van der Waals surface area contributed by atoms with Gasteiger partial charge in [0, 0.05) is 45.4 Å². The Morgan fingerprint density at radius 3 is 1.91 bits per heavy atom. The summed E-state index contributed by atoms with van der Waals surface area (Å²) in [5.41, 5.74) is 3.26. The number of hydrogen-bond acceptors (Lipinski definition) is 7. The van der Waals surface area contributed by atoms with E-state index in [0.29, 0.717) is 33.6 Å². The van der Waals surface area contributed by atoms with E-state index in [4.69, 9.17) is 0 Å². The molecule has 0 amide bonds. The van der Waals surface area contributed by atoms with E-state index in [1.807, 2.05) is 49.4 Å². The summed E-state index contributed by atoms with van der Waals surface area (Å²) < 4.78 is 0. The van der Waals surface area contributed by atoms with Crippen molar-refractivity contribution in [3.05, 3.63) is 82.4 Å². The van der Waals surface area contributed by atoms with E-state index < -0.39 is 0 Å². The highest BCUT2D eigenvalue weighted by molar-refractivity contribution is 7.99. The van der Waals surface area contributed by atoms with E-state index in [-0.39, 0.29) is 37.9 Å². The fourth-order valence-electron chi connectivity index (χ4n) is 3.86. The predicted molar refractivity (Wildman–Crippen MR) is 126 cm³/mol. The van der Waals surface area contributed by atoms with Crippen LogP contribution in [0.3, 0.4) is 0 Å². The molecule has 6 nitrogen and oxygen atoms in total. The molecule has 0 bridgehead atoms. The second-order valence-electron chi connectivity index (χ2n) is 7.50. The molecule has 164 valence electrons. The van der Waals surface area contributed by atoms with E-state index in [9.17, 15) is 19.8 Å². The molecule has 0 aromatic heterocycles. The molecule has 0 aliphatic heterocycles. The Bertz CT molecular complexity index is 1180. The molecule has 1 aliphatic carbocycles. The molecule has 0 atom stereocenters. The van der Waals surface area contributed by atoms with Crippen molar-refractivity contribution in [1.29, 1.82) is 0 Å². The van der Waals surface area contributed by atoms with Crippen LogP contribution in [0.1, 0.15) is 37.4 Å². The molecule has 3 aromatic carbocycles. The minimum Gasteiger partial charge on any atom is -0.395 e. The third-order valence-corrected chi connectivity index (χ3v) is 6.15. The maximum Gasteiger partial charge on any atom is 0.196 e. The highest BCUT2D eigenvalue weighted by Gasteiger charge is 2.34. The topological polar surface area (TPSA) is 98.7 Å². The Labute approximate surface area is 190 Å². The molecule has 0 spiro atoms. The van der Waals surface area contributed by atoms with Crippen LogP contribution in [0.4, 0.5) is 11.4 Å². The van der Waals surface area contributed by atoms with Gasteiger partial charge in [-0.05, 0) is 48.9 Å². The van der Waals surface area contributed by atoms with Crippen LogP contribution in [0, 0.1) is 6.92 Å². The van der Waals surface area contributed by atoms with Crippen molar-refractivity contribution < 1.29 is 19.8 Å². The van der Waals surface area contributed by atoms with Gasteiger partial charge in [0.1, 0.15) is 0 Å². The number of nitrogens with one attached hydrogen (secondary N) is 2. The lowest BCUT2D eigenvalue weighted by molar-refractivity contribution is 0.0980. The molecule has 0 saturated heterocycles. The van der Waals surface area contributed by atoms with Crippen molar-refractivity contribution in [2.24, 2.45) is 0 Å². The molecule has 0 unspecified atom stereocenters. The second-order valence-corrected chi connectivity index (χ2v) is 8.65. The van der Waals surface area contributed by atoms with Gasteiger partial charge in [-0.3, -0.25) is 9.59 Å². The van der Waals surface area contributed by atoms with Gasteiger partial charge in [-0.25, -0.2) is 0 Å². The fraction of sp³-hybridized carbons (Fsp3) is 0.200. The number of carbonyl (C=O) groups is 2. The van der Waals surface area contributed by atoms with E-state index in [1.165, 1.54) is 11.8 Å². The summed E-state index contributed by atoms with van der Waals surface area (Å²) in [7, 11) is 0. The average Bonchev–Trinajstić information content (AvgIpc) is 2.79. The summed E-state index contributed by atoms with van der Waals surface area (Å²) in [6.07, 6.45) is 0. The van der Waals surface area contributed by atoms with Crippen LogP contribution in [-0.4, -0.2) is 48.1 Å². The molecule has 1 aliphatic rings. The molecule has 32 heavy (non-hydrogen) atoms. The van der Waals surface area contributed by atoms with E-state index in [2.05, 4.69) is 10.6 Å². The van der Waals surface area contributed by atoms with Crippen LogP contribution < -0.4 is 10.6 Å². The molecule has 7 heteroatoms. The first-order chi connectivity index (χ1) is 15.5. The Balaban J connectivity index is 1.86. The first-order valence-electron chi connectivity index (χ1n) is 10.4. The minimum absolute atomic E-state index is 0.0888. The number of hydrogen-bond donors (Lipinski definition) is 4. The Morgan fingerprint density at radius 1 is 0.750 bits per heavy atom. The standard InChI is InChI=1S/C25H24N2O4S/c1-15-11-18-22(20(12-15)26-7-9-28)25(31)19-13-17(32-16-5-3-2-4-6-16)14-21(27-8-10-29)23(19)24(18)30/h2-6,11-14,26-29H,7-10H2,1H3. The van der Waals surface area contributed by atoms with Crippen LogP contribution in [0.25, 0.3) is 0 Å². The van der Waals surface area contributed by atoms with Crippen LogP contribution in [0.15, 0.2) is 64.4 Å². The first-order valence-corrected chi connectivity index (χ1v) is 11.2. The van der Waals surface area contributed by atoms with Crippen molar-refractivity contribution in [3.63, 3.8) is 0 Å². The maximum atomic E-state index is 13.6. The maximum absolute atomic E-state index is 13.6. The summed E-state index contributed by atoms with van der Waals surface area (Å²) in [5, 5.41) is 24.7. The van der Waals surface area contributed by atoms with Gasteiger partial charge in [-0.2, -0.15) is 0 Å². The lowest BCUT2D eigenvalue weighted by Crippen LogP contribution is -2.25. The number of carbonyl (C=O) groups excluding carboxylic acids is 2. The zero-order valence-corrected chi connectivity index (χ0v) is 18.5. The number of fused-ring (bicyclic) bond motifs is 2. The molecule has 0 radical (unpaired) electrons. The van der Waals surface area contributed by atoms with Gasteiger partial charge in [0.15, 0.2) is 11.6 Å². The number of aliphatic hydroxyl groups excluding tert-OH is 2. The molecule has 3 aromatic rings. The normalized spacial score (nSPS) is 12.3. The fourth-order valence-corrected chi connectivity index (χ4v) is 4.78. The van der Waals surface area contributed by atoms with Gasteiger partial charge in [0.05, 0.1) is 24.3 Å². The summed E-state index contributed by atoms with van der Waals surface area (Å²) >= 11 is 1.50. The van der Waals surface area contributed by atoms with Crippen LogP contribution in [0.2, 0.25) is 0 Å². The Hall–Kier alpha value is -3.13. The van der Waals surface area contributed by atoms with Gasteiger partial charge in [0.2, 0.25) is 0 Å². The van der Waals surface area contributed by atoms with E-state index in [1.54, 1.807) is 12.1 Å². The predicted octanol–water partition coefficient (Wildman–Crippen LogP) is 3.73. The Kier molecular flexibility index (Phi) is 6.60. The van der Waals surface area contributed by atoms with Crippen molar-refractivity contribution in [1.82, 2.24) is 0 Å². The lowest BCUT2D eigenvalue weighted by atomic mass is 9.81. The highest BCUT2D eigenvalue weighted by atomic mass is 32.2. The number of anilines is 2. The van der Waals surface area contributed by atoms with Crippen LogP contribution >= 0.6 is 11.8 Å². The number of rotatable bonds is 8. The monoisotopic (exact) mass is 448 g/mol. The van der Waals surface area contributed by atoms with Crippen molar-refractivity contribution in [2.45, 2.75) is 16.7 Å². The summed E-state index contributed by atoms with van der Waals surface area (Å²) in [5.74, 6) is -0.473. The molecular weight excluding hydrogens is 424 g/mol. The lowest BCUT2D eigenvalue weighted by Gasteiger charge is -2.24. The molecule has 0 saturated carbocycles. The molecule has 4 N–H and O–H groups in total. The quantitative estimate of drug-likeness (QED) is 0.326. The third-order valence-electron chi connectivity index (χ3n) is 5.17. The molecule has 4 rings (SSSR count). The highest BCUT2D eigenvalue weighted by Crippen LogP contribution is 2.40. The SMILES string of the molecule is Cc1cc(NCCO)c2c(c1)C(=O)c1c(NCCO)cc(Sc3ccccc3)cc1C2=O. The number of ketones is 2. The summed E-state index contributed by atoms with van der Waals surface area (Å²) in [6, 6.07) is 16.9. The summed E-state index contributed by atoms with van der Waals surface area (Å²) in [4.78, 5) is 29.0. The van der Waals surface area contributed by atoms with E-state index in [0.717, 1.165) is 15.4 Å². The third kappa shape index (κ3) is 4.27. The molecule has 0 heterocycles. The zero-order valence-electron chi connectivity index (χ0n) is 17.6. The largest absolute Gasteiger partial charge is 0.395 e. The van der Waals surface area contributed by atoms with Gasteiger partial charge in [-0.1, -0.05) is 30.0 Å². The van der Waals surface area contributed by atoms with Crippen molar-refractivity contribution in [2.75, 3.05) is 36.9 Å². The smallest absolute Gasteiger partial charge is 0.196 e. The minimum atomic E-state index is -0.238. The number of aliphatic hydroxyl groups is 2. The Morgan fingerprint density at radius 2 is 1.31 bits per heavy atom. The van der Waals surface area contributed by atoms with Crippen LogP contribution in [0.5, 0.6) is 0 Å². The number of benzene rings is 3. The zero-order chi connectivity index (χ0) is 22.7. The number of aryl methyl sites for hydroxylation is 1. The average molecular weight is 449 g/mol. The van der Waals surface area contributed by atoms with Gasteiger partial charge in [-0.15, -0.1) is 0 Å². The van der Waals surface area contributed by atoms with Crippen molar-refractivity contribution >= 4 is 34.7 Å². The summed E-state index contributed by atoms with van der Waals surface area (Å²) in [6.45, 7) is 2.21. The van der Waals surface area contributed by atoms with Gasteiger partial charge >= 0.3 is 0 Å². The first kappa shape index (κ1) is 22.1. The van der Waals surface area contributed by atoms with Crippen LogP contribution in [-0.2, 0) is 0 Å². The van der Waals surface area contributed by atoms with Crippen molar-refractivity contribution in [3.8, 4) is 0 Å². The molecule has 0 fully saturated rings. The molecular formula is C25H24N2O4S. The van der Waals surface area contributed by atoms with Gasteiger partial charge in [0.25, 0.3) is 0 Å². The van der Waals surface area contributed by atoms with Gasteiger partial charge < -0.3 is 20.8 Å². The second kappa shape index (κ2) is 9.56. The van der Waals surface area contributed by atoms with E-state index >= 15 is 0 Å².